The summed E-state index contributed by atoms with van der Waals surface area (Å²) >= 11 is 6.45. The Morgan fingerprint density at radius 1 is 0.919 bits per heavy atom. The minimum Gasteiger partial charge on any atom is -0.494 e. The quantitative estimate of drug-likeness (QED) is 0.116. The number of aromatic nitrogens is 2. The molecular formula is C42H46ClFN9O8P. The molecule has 3 saturated heterocycles. The number of carbonyl (C=O) groups excluding carboxylic acids is 4. The molecule has 4 aliphatic heterocycles. The highest BCUT2D eigenvalue weighted by molar-refractivity contribution is 7.62. The average Bonchev–Trinajstić information content (AvgIpc) is 3.58. The molecule has 17 nitrogen and oxygen atoms in total. The van der Waals surface area contributed by atoms with Gasteiger partial charge in [0.15, 0.2) is 11.6 Å². The van der Waals surface area contributed by atoms with E-state index in [-0.39, 0.29) is 39.8 Å². The van der Waals surface area contributed by atoms with Gasteiger partial charge in [0.25, 0.3) is 11.8 Å². The predicted molar refractivity (Wildman–Crippen MR) is 231 cm³/mol. The van der Waals surface area contributed by atoms with Crippen molar-refractivity contribution in [3.63, 3.8) is 0 Å². The molecule has 3 fully saturated rings. The Morgan fingerprint density at radius 3 is 2.37 bits per heavy atom. The monoisotopic (exact) mass is 897 g/mol. The van der Waals surface area contributed by atoms with Gasteiger partial charge < -0.3 is 34.2 Å². The zero-order valence-electron chi connectivity index (χ0n) is 41.5. The van der Waals surface area contributed by atoms with Gasteiger partial charge in [-0.05, 0) is 61.6 Å². The highest BCUT2D eigenvalue weighted by atomic mass is 35.5. The normalized spacial score (nSPS) is 24.0. The summed E-state index contributed by atoms with van der Waals surface area (Å²) in [6.45, 7) is -13.3. The zero-order valence-corrected chi connectivity index (χ0v) is 35.2. The van der Waals surface area contributed by atoms with Gasteiger partial charge in [-0.3, -0.25) is 38.9 Å². The van der Waals surface area contributed by atoms with Crippen LogP contribution in [0.25, 0.3) is 0 Å². The third-order valence-corrected chi connectivity index (χ3v) is 13.1. The molecule has 1 atom stereocenters. The van der Waals surface area contributed by atoms with E-state index < -0.39 is 98.3 Å². The number of piperazine rings is 1. The number of imide groups is 2. The van der Waals surface area contributed by atoms with Crippen LogP contribution in [0, 0.1) is 11.7 Å². The molecule has 1 unspecified atom stereocenters. The molecule has 4 aliphatic rings. The number of ether oxygens (including phenoxy) is 1. The molecule has 0 spiro atoms. The Labute approximate surface area is 373 Å². The van der Waals surface area contributed by atoms with Gasteiger partial charge in [0.1, 0.15) is 16.8 Å². The van der Waals surface area contributed by atoms with E-state index in [0.29, 0.717) is 52.9 Å². The molecule has 3 N–H and O–H groups in total. The van der Waals surface area contributed by atoms with E-state index in [4.69, 9.17) is 36.4 Å². The molecule has 0 aliphatic carbocycles. The number of para-hydroxylation sites is 1. The largest absolute Gasteiger partial charge is 0.494 e. The molecule has 3 aromatic carbocycles. The van der Waals surface area contributed by atoms with Gasteiger partial charge in [0.2, 0.25) is 17.8 Å². The molecule has 1 aromatic heterocycles. The maximum absolute atomic E-state index is 16.6. The van der Waals surface area contributed by atoms with Crippen molar-refractivity contribution in [3.05, 3.63) is 82.8 Å². The number of rotatable bonds is 13. The molecule has 4 aromatic rings. The number of anilines is 6. The number of fused-ring (bicyclic) bond motifs is 1. The number of benzene rings is 3. The first kappa shape index (κ1) is 33.9. The van der Waals surface area contributed by atoms with Crippen LogP contribution in [0.5, 0.6) is 5.75 Å². The number of amides is 4. The zero-order chi connectivity index (χ0) is 50.9. The van der Waals surface area contributed by atoms with Crippen LogP contribution in [-0.2, 0) is 23.2 Å². The van der Waals surface area contributed by atoms with E-state index >= 15 is 4.39 Å². The van der Waals surface area contributed by atoms with Crippen molar-refractivity contribution in [2.24, 2.45) is 5.92 Å². The molecule has 5 heterocycles. The number of nitrogens with zero attached hydrogens (tertiary/aromatic N) is 6. The Kier molecular flexibility index (Phi) is 9.84. The second-order valence-corrected chi connectivity index (χ2v) is 17.1. The minimum atomic E-state index is -3.66. The second-order valence-electron chi connectivity index (χ2n) is 14.5. The van der Waals surface area contributed by atoms with Crippen molar-refractivity contribution in [2.45, 2.75) is 31.7 Å². The van der Waals surface area contributed by atoms with Crippen molar-refractivity contribution in [2.75, 3.05) is 87.4 Å². The first-order valence-electron chi connectivity index (χ1n) is 23.4. The summed E-state index contributed by atoms with van der Waals surface area (Å²) < 4.78 is 118. The lowest BCUT2D eigenvalue weighted by Crippen LogP contribution is -2.54. The number of hydrogen-bond donors (Lipinski definition) is 3. The summed E-state index contributed by atoms with van der Waals surface area (Å²) in [5.74, 6) is -5.35. The molecular weight excluding hydrogens is 844 g/mol. The third kappa shape index (κ3) is 8.44. The number of hydrogen-bond acceptors (Lipinski definition) is 15. The Morgan fingerprint density at radius 2 is 1.66 bits per heavy atom. The van der Waals surface area contributed by atoms with Crippen molar-refractivity contribution in [1.29, 1.82) is 0 Å². The molecule has 0 bridgehead atoms. The number of piperidine rings is 2. The summed E-state index contributed by atoms with van der Waals surface area (Å²) in [7, 11) is 0.360. The molecule has 326 valence electrons. The molecule has 0 radical (unpaired) electrons. The van der Waals surface area contributed by atoms with E-state index in [0.717, 1.165) is 17.8 Å². The van der Waals surface area contributed by atoms with Gasteiger partial charge in [-0.15, -0.1) is 0 Å². The van der Waals surface area contributed by atoms with Crippen molar-refractivity contribution in [3.8, 4) is 5.75 Å². The average molecular weight is 898 g/mol. The van der Waals surface area contributed by atoms with Crippen LogP contribution in [0.4, 0.5) is 38.9 Å². The maximum Gasteiger partial charge on any atom is 0.362 e. The van der Waals surface area contributed by atoms with Gasteiger partial charge in [-0.25, -0.2) is 9.37 Å². The fourth-order valence-electron chi connectivity index (χ4n) is 7.63. The Bertz CT molecular complexity index is 2810. The lowest BCUT2D eigenvalue weighted by molar-refractivity contribution is -0.136. The number of nitrogens with one attached hydrogen (secondary N) is 3. The smallest absolute Gasteiger partial charge is 0.362 e. The van der Waals surface area contributed by atoms with E-state index in [1.54, 1.807) is 36.4 Å². The van der Waals surface area contributed by atoms with Crippen molar-refractivity contribution < 1.29 is 52.9 Å². The molecule has 4 amide bonds. The van der Waals surface area contributed by atoms with E-state index in [1.807, 2.05) is 16.3 Å². The third-order valence-electron chi connectivity index (χ3n) is 10.9. The van der Waals surface area contributed by atoms with Crippen molar-refractivity contribution >= 4 is 82.6 Å². The first-order chi connectivity index (χ1) is 32.9. The van der Waals surface area contributed by atoms with E-state index in [1.165, 1.54) is 27.5 Å². The summed E-state index contributed by atoms with van der Waals surface area (Å²) in [5.41, 5.74) is -0.888. The van der Waals surface area contributed by atoms with Gasteiger partial charge in [0.05, 0.1) is 52.3 Å². The first-order valence-corrected chi connectivity index (χ1v) is 21.3. The lowest BCUT2D eigenvalue weighted by atomic mass is 9.95. The van der Waals surface area contributed by atoms with Crippen LogP contribution in [0.3, 0.4) is 0 Å². The van der Waals surface area contributed by atoms with Gasteiger partial charge in [-0.2, -0.15) is 4.98 Å². The van der Waals surface area contributed by atoms with Crippen molar-refractivity contribution in [1.82, 2.24) is 25.1 Å². The van der Waals surface area contributed by atoms with E-state index in [9.17, 15) is 23.7 Å². The van der Waals surface area contributed by atoms with E-state index in [2.05, 4.69) is 20.6 Å². The summed E-state index contributed by atoms with van der Waals surface area (Å²) in [6.07, 6.45) is 1.62. The topological polar surface area (TPSA) is 188 Å². The lowest BCUT2D eigenvalue weighted by Gasteiger charge is -2.40. The van der Waals surface area contributed by atoms with Crippen LogP contribution in [0.15, 0.2) is 60.8 Å². The molecule has 62 heavy (non-hydrogen) atoms. The maximum atomic E-state index is 16.6. The number of methoxy groups -OCH3 is 1. The Balaban J connectivity index is 0.961. The summed E-state index contributed by atoms with van der Waals surface area (Å²) in [4.78, 5) is 63.0. The van der Waals surface area contributed by atoms with Gasteiger partial charge in [0, 0.05) is 83.5 Å². The highest BCUT2D eigenvalue weighted by Crippen LogP contribution is 2.47. The fourth-order valence-corrected chi connectivity index (χ4v) is 9.01. The van der Waals surface area contributed by atoms with Gasteiger partial charge in [-0.1, -0.05) is 23.7 Å². The SMILES string of the molecule is [2H]C1([2H])N(CC2CCN(c3ccc(Nc4ncc(Cl)c(Nc5ccccc5P(=O)(OC)OC)n4)c(OC)c3)CC2)C([2H])([2H])C([2H])([2H])N(c2ccc3c(c2F)C(=O)N(C2CCC(=O)NC2=O)C3=O)C1([2H])[2H]. The van der Waals surface area contributed by atoms with Crippen LogP contribution >= 0.6 is 19.2 Å². The van der Waals surface area contributed by atoms with Crippen LogP contribution in [0.1, 0.15) is 57.4 Å². The van der Waals surface area contributed by atoms with Crippen LogP contribution < -0.4 is 35.8 Å². The predicted octanol–water partition coefficient (Wildman–Crippen LogP) is 5.32. The summed E-state index contributed by atoms with van der Waals surface area (Å²) in [5, 5.41) is 8.63. The fraction of sp³-hybridized carbons (Fsp3) is 0.381. The number of halogens is 2. The standard InChI is InChI=1S/C42H46ClFN9O8P/c1-59-33-22-26(8-10-29(33)47-42-45-23-28(43)38(49-42)46-30-6-4-5-7-34(30)62(58,60-2)61-3)51-16-14-25(15-17-51)24-50-18-20-52(21-19-50)31-11-9-27-36(37(31)44)41(57)53(40(27)56)32-12-13-35(54)48-39(32)55/h4-11,22-23,25,32H,12-21,24H2,1-3H3,(H,48,54,55)(H2,45,46,47,49)/i18D2,19D2,20D2,21D2. The van der Waals surface area contributed by atoms with Gasteiger partial charge >= 0.3 is 7.60 Å². The highest BCUT2D eigenvalue weighted by Gasteiger charge is 2.46. The van der Waals surface area contributed by atoms with Crippen LogP contribution in [-0.4, -0.2) is 116 Å². The number of carbonyl (C=O) groups is 4. The second kappa shape index (κ2) is 18.0. The molecule has 20 heteroatoms. The Hall–Kier alpha value is -5.65. The summed E-state index contributed by atoms with van der Waals surface area (Å²) in [6, 6.07) is 12.2. The molecule has 0 saturated carbocycles. The minimum absolute atomic E-state index is 0.00642. The molecule has 8 rings (SSSR count). The van der Waals surface area contributed by atoms with Crippen LogP contribution in [0.2, 0.25) is 5.02 Å².